The number of Topliss-reactive ketones (excluding diaryl/α,β-unsaturated/α-hetero) is 1. The minimum absolute atomic E-state index is 0.0839. The van der Waals surface area contributed by atoms with Gasteiger partial charge in [-0.2, -0.15) is 0 Å². The second-order valence-electron chi connectivity index (χ2n) is 4.71. The number of ether oxygens (including phenoxy) is 3. The van der Waals surface area contributed by atoms with Crippen molar-refractivity contribution >= 4 is 11.8 Å². The fraction of sp³-hybridized carbons (Fsp3) is 0.500. The van der Waals surface area contributed by atoms with Crippen LogP contribution >= 0.6 is 0 Å². The van der Waals surface area contributed by atoms with Crippen molar-refractivity contribution in [1.82, 2.24) is 0 Å². The summed E-state index contributed by atoms with van der Waals surface area (Å²) in [4.78, 5) is 23.9. The Morgan fingerprint density at radius 1 is 1.09 bits per heavy atom. The molecule has 1 atom stereocenters. The summed E-state index contributed by atoms with van der Waals surface area (Å²) in [7, 11) is 0. The number of halogens is 1. The zero-order chi connectivity index (χ0) is 16.7. The molecular weight excluding hydrogens is 291 g/mol. The average molecular weight is 312 g/mol. The van der Waals surface area contributed by atoms with Crippen LogP contribution in [-0.4, -0.2) is 37.2 Å². The van der Waals surface area contributed by atoms with Crippen LogP contribution in [0.4, 0.5) is 4.39 Å². The van der Waals surface area contributed by atoms with Gasteiger partial charge in [0.15, 0.2) is 0 Å². The molecule has 1 aromatic carbocycles. The number of carbonyl (C=O) groups is 2. The third-order valence-electron chi connectivity index (χ3n) is 2.62. The monoisotopic (exact) mass is 312 g/mol. The first-order valence-electron chi connectivity index (χ1n) is 7.19. The standard InChI is InChI=1S/C16H21FO5/c1-5-20-11-8-7-9-12(21-6-2)13(11)15(18)14(17)16(19)22-10(3)4/h7-10,14H,5-6H2,1-4H3. The van der Waals surface area contributed by atoms with Gasteiger partial charge in [0.25, 0.3) is 6.17 Å². The quantitative estimate of drug-likeness (QED) is 0.419. The highest BCUT2D eigenvalue weighted by Crippen LogP contribution is 2.31. The van der Waals surface area contributed by atoms with Crippen molar-refractivity contribution in [3.8, 4) is 11.5 Å². The fourth-order valence-corrected chi connectivity index (χ4v) is 1.83. The Bertz CT molecular complexity index is 503. The summed E-state index contributed by atoms with van der Waals surface area (Å²) in [6, 6.07) is 4.69. The maximum atomic E-state index is 14.1. The van der Waals surface area contributed by atoms with E-state index in [4.69, 9.17) is 14.2 Å². The first kappa shape index (κ1) is 17.9. The van der Waals surface area contributed by atoms with Gasteiger partial charge in [-0.1, -0.05) is 6.07 Å². The van der Waals surface area contributed by atoms with Gasteiger partial charge in [0.05, 0.1) is 19.3 Å². The molecule has 22 heavy (non-hydrogen) atoms. The predicted octanol–water partition coefficient (Wildman–Crippen LogP) is 2.96. The topological polar surface area (TPSA) is 61.8 Å². The number of benzene rings is 1. The van der Waals surface area contributed by atoms with Crippen molar-refractivity contribution in [1.29, 1.82) is 0 Å². The largest absolute Gasteiger partial charge is 0.493 e. The third kappa shape index (κ3) is 4.44. The molecule has 0 N–H and O–H groups in total. The molecule has 122 valence electrons. The zero-order valence-electron chi connectivity index (χ0n) is 13.2. The van der Waals surface area contributed by atoms with Crippen LogP contribution in [0.2, 0.25) is 0 Å². The highest BCUT2D eigenvalue weighted by atomic mass is 19.1. The lowest BCUT2D eigenvalue weighted by Crippen LogP contribution is -2.30. The van der Waals surface area contributed by atoms with Gasteiger partial charge in [0.1, 0.15) is 17.1 Å². The smallest absolute Gasteiger partial charge is 0.349 e. The summed E-state index contributed by atoms with van der Waals surface area (Å²) >= 11 is 0. The number of esters is 1. The minimum Gasteiger partial charge on any atom is -0.493 e. The van der Waals surface area contributed by atoms with Crippen LogP contribution in [0.5, 0.6) is 11.5 Å². The fourth-order valence-electron chi connectivity index (χ4n) is 1.83. The molecule has 0 bridgehead atoms. The molecule has 1 rings (SSSR count). The van der Waals surface area contributed by atoms with Crippen LogP contribution in [0.1, 0.15) is 38.1 Å². The second kappa shape index (κ2) is 8.36. The summed E-state index contributed by atoms with van der Waals surface area (Å²) in [5, 5.41) is 0. The van der Waals surface area contributed by atoms with Crippen molar-refractivity contribution in [2.75, 3.05) is 13.2 Å². The molecule has 0 fully saturated rings. The lowest BCUT2D eigenvalue weighted by atomic mass is 10.0. The van der Waals surface area contributed by atoms with E-state index in [1.165, 1.54) is 12.1 Å². The van der Waals surface area contributed by atoms with Crippen LogP contribution in [0.3, 0.4) is 0 Å². The number of hydrogen-bond donors (Lipinski definition) is 0. The number of ketones is 1. The van der Waals surface area contributed by atoms with Crippen LogP contribution in [0.15, 0.2) is 18.2 Å². The van der Waals surface area contributed by atoms with Gasteiger partial charge in [-0.15, -0.1) is 0 Å². The Balaban J connectivity index is 3.16. The first-order valence-corrected chi connectivity index (χ1v) is 7.19. The molecule has 0 spiro atoms. The van der Waals surface area contributed by atoms with Crippen molar-refractivity contribution in [2.45, 2.75) is 40.0 Å². The van der Waals surface area contributed by atoms with E-state index in [2.05, 4.69) is 0 Å². The van der Waals surface area contributed by atoms with E-state index in [9.17, 15) is 14.0 Å². The molecule has 0 heterocycles. The normalized spacial score (nSPS) is 11.9. The van der Waals surface area contributed by atoms with Crippen LogP contribution < -0.4 is 9.47 Å². The molecule has 0 aliphatic rings. The summed E-state index contributed by atoms with van der Waals surface area (Å²) in [5.41, 5.74) is -0.0839. The highest BCUT2D eigenvalue weighted by molar-refractivity contribution is 6.13. The van der Waals surface area contributed by atoms with Gasteiger partial charge in [0.2, 0.25) is 5.78 Å². The molecule has 1 unspecified atom stereocenters. The van der Waals surface area contributed by atoms with Gasteiger partial charge in [-0.05, 0) is 39.8 Å². The molecule has 1 aromatic rings. The van der Waals surface area contributed by atoms with E-state index >= 15 is 0 Å². The Labute approximate surface area is 129 Å². The van der Waals surface area contributed by atoms with Crippen LogP contribution in [0, 0.1) is 0 Å². The Kier molecular flexibility index (Phi) is 6.82. The lowest BCUT2D eigenvalue weighted by Gasteiger charge is -2.16. The van der Waals surface area contributed by atoms with Gasteiger partial charge < -0.3 is 14.2 Å². The lowest BCUT2D eigenvalue weighted by molar-refractivity contribution is -0.151. The molecule has 0 aliphatic carbocycles. The number of rotatable bonds is 8. The summed E-state index contributed by atoms with van der Waals surface area (Å²) in [6.07, 6.45) is -2.92. The Morgan fingerprint density at radius 2 is 1.59 bits per heavy atom. The Morgan fingerprint density at radius 3 is 2.00 bits per heavy atom. The predicted molar refractivity (Wildman–Crippen MR) is 79.2 cm³/mol. The summed E-state index contributed by atoms with van der Waals surface area (Å²) in [6.45, 7) is 7.22. The molecule has 5 nitrogen and oxygen atoms in total. The second-order valence-corrected chi connectivity index (χ2v) is 4.71. The first-order chi connectivity index (χ1) is 10.4. The van der Waals surface area contributed by atoms with Gasteiger partial charge in [0, 0.05) is 0 Å². The van der Waals surface area contributed by atoms with Crippen molar-refractivity contribution in [3.05, 3.63) is 23.8 Å². The molecule has 0 saturated heterocycles. The van der Waals surface area contributed by atoms with Crippen molar-refractivity contribution < 1.29 is 28.2 Å². The van der Waals surface area contributed by atoms with E-state index in [1.807, 2.05) is 0 Å². The molecule has 0 saturated carbocycles. The maximum absolute atomic E-state index is 14.1. The SMILES string of the molecule is CCOc1cccc(OCC)c1C(=O)C(F)C(=O)OC(C)C. The van der Waals surface area contributed by atoms with Gasteiger partial charge in [-0.25, -0.2) is 9.18 Å². The van der Waals surface area contributed by atoms with E-state index in [0.717, 1.165) is 0 Å². The van der Waals surface area contributed by atoms with Crippen molar-refractivity contribution in [3.63, 3.8) is 0 Å². The van der Waals surface area contributed by atoms with E-state index in [1.54, 1.807) is 33.8 Å². The van der Waals surface area contributed by atoms with E-state index in [0.29, 0.717) is 13.2 Å². The molecular formula is C16H21FO5. The maximum Gasteiger partial charge on any atom is 0.349 e. The minimum atomic E-state index is -2.41. The van der Waals surface area contributed by atoms with Gasteiger partial charge >= 0.3 is 5.97 Å². The van der Waals surface area contributed by atoms with E-state index < -0.39 is 24.0 Å². The summed E-state index contributed by atoms with van der Waals surface area (Å²) < 4.78 is 29.6. The van der Waals surface area contributed by atoms with Crippen LogP contribution in [0.25, 0.3) is 0 Å². The van der Waals surface area contributed by atoms with Crippen LogP contribution in [-0.2, 0) is 9.53 Å². The molecule has 0 aromatic heterocycles. The average Bonchev–Trinajstić information content (AvgIpc) is 2.46. The van der Waals surface area contributed by atoms with E-state index in [-0.39, 0.29) is 17.1 Å². The molecule has 0 radical (unpaired) electrons. The number of carbonyl (C=O) groups excluding carboxylic acids is 2. The Hall–Kier alpha value is -2.11. The third-order valence-corrected chi connectivity index (χ3v) is 2.62. The molecule has 6 heteroatoms. The zero-order valence-corrected chi connectivity index (χ0v) is 13.2. The number of alkyl halides is 1. The molecule has 0 amide bonds. The summed E-state index contributed by atoms with van der Waals surface area (Å²) in [5.74, 6) is -1.89. The van der Waals surface area contributed by atoms with Crippen molar-refractivity contribution in [2.24, 2.45) is 0 Å². The number of hydrogen-bond acceptors (Lipinski definition) is 5. The van der Waals surface area contributed by atoms with Gasteiger partial charge in [-0.3, -0.25) is 4.79 Å². The highest BCUT2D eigenvalue weighted by Gasteiger charge is 2.33. The molecule has 0 aliphatic heterocycles.